The van der Waals surface area contributed by atoms with Crippen molar-refractivity contribution < 1.29 is 0 Å². The van der Waals surface area contributed by atoms with E-state index < -0.39 is 0 Å². The maximum atomic E-state index is 6.09. The van der Waals surface area contributed by atoms with Gasteiger partial charge in [-0.25, -0.2) is 0 Å². The highest BCUT2D eigenvalue weighted by molar-refractivity contribution is 7.99. The van der Waals surface area contributed by atoms with Crippen LogP contribution in [-0.2, 0) is 0 Å². The van der Waals surface area contributed by atoms with Crippen molar-refractivity contribution in [2.75, 3.05) is 0 Å². The zero-order chi connectivity index (χ0) is 29.8. The molecule has 43 heavy (non-hydrogen) atoms. The van der Waals surface area contributed by atoms with Gasteiger partial charge in [0.25, 0.3) is 0 Å². The fourth-order valence-corrected chi connectivity index (χ4v) is 7.37. The predicted molar refractivity (Wildman–Crippen MR) is 192 cm³/mol. The highest BCUT2D eigenvalue weighted by atomic mass is 32.2. The zero-order valence-corrected chi connectivity index (χ0v) is 26.5. The van der Waals surface area contributed by atoms with E-state index in [4.69, 9.17) is 24.4 Å². The first-order valence-electron chi connectivity index (χ1n) is 14.3. The highest BCUT2D eigenvalue weighted by Crippen LogP contribution is 2.42. The molecule has 0 aliphatic rings. The van der Waals surface area contributed by atoms with Crippen LogP contribution in [0.1, 0.15) is 33.4 Å². The predicted octanol–water partition coefficient (Wildman–Crippen LogP) is 11.3. The summed E-state index contributed by atoms with van der Waals surface area (Å²) in [4.78, 5) is 4.09. The van der Waals surface area contributed by atoms with Gasteiger partial charge in [0.15, 0.2) is 0 Å². The number of hydrogen-bond acceptors (Lipinski definition) is 3. The standard InChI is InChI=1S/C40H30S3/c1-27-15-3-5-17-29(27)39(41)35-23-9-7-19-31(35)33-21-11-13-25-37(33)43-38-26-14-12-22-34(38)32-20-8-10-24-36(32)40(42)30-18-6-4-16-28(30)2/h3-26H,1-2H3. The van der Waals surface area contributed by atoms with Gasteiger partial charge in [0, 0.05) is 20.9 Å². The van der Waals surface area contributed by atoms with Crippen molar-refractivity contribution in [3.8, 4) is 22.3 Å². The fraction of sp³-hybridized carbons (Fsp3) is 0.0500. The Morgan fingerprint density at radius 1 is 0.372 bits per heavy atom. The number of aryl methyl sites for hydroxylation is 2. The van der Waals surface area contributed by atoms with Gasteiger partial charge in [0.05, 0.1) is 9.73 Å². The van der Waals surface area contributed by atoms with Crippen molar-refractivity contribution in [1.82, 2.24) is 0 Å². The quantitative estimate of drug-likeness (QED) is 0.125. The van der Waals surface area contributed by atoms with E-state index in [1.165, 1.54) is 20.9 Å². The lowest BCUT2D eigenvalue weighted by atomic mass is 9.93. The molecule has 0 atom stereocenters. The summed E-state index contributed by atoms with van der Waals surface area (Å²) >= 11 is 14.0. The lowest BCUT2D eigenvalue weighted by Crippen LogP contribution is -2.04. The lowest BCUT2D eigenvalue weighted by molar-refractivity contribution is 1.39. The second kappa shape index (κ2) is 13.0. The Morgan fingerprint density at radius 3 is 1.07 bits per heavy atom. The second-order valence-electron chi connectivity index (χ2n) is 10.5. The summed E-state index contributed by atoms with van der Waals surface area (Å²) < 4.78 is 0. The molecule has 6 aromatic carbocycles. The summed E-state index contributed by atoms with van der Waals surface area (Å²) in [6, 6.07) is 50.9. The second-order valence-corrected chi connectivity index (χ2v) is 12.4. The Morgan fingerprint density at radius 2 is 0.674 bits per heavy atom. The maximum absolute atomic E-state index is 6.09. The van der Waals surface area contributed by atoms with E-state index in [9.17, 15) is 0 Å². The van der Waals surface area contributed by atoms with Crippen LogP contribution >= 0.6 is 36.2 Å². The molecule has 0 N–H and O–H groups in total. The molecule has 0 aromatic heterocycles. The van der Waals surface area contributed by atoms with Crippen LogP contribution < -0.4 is 0 Å². The Labute approximate surface area is 269 Å². The van der Waals surface area contributed by atoms with Crippen LogP contribution in [0.3, 0.4) is 0 Å². The Balaban J connectivity index is 1.42. The minimum Gasteiger partial charge on any atom is -0.0888 e. The summed E-state index contributed by atoms with van der Waals surface area (Å²) in [5, 5.41) is 0. The van der Waals surface area contributed by atoms with E-state index in [0.29, 0.717) is 0 Å². The first-order chi connectivity index (χ1) is 21.0. The Hall–Kier alpha value is -4.15. The van der Waals surface area contributed by atoms with E-state index in [1.807, 2.05) is 0 Å². The summed E-state index contributed by atoms with van der Waals surface area (Å²) in [6.45, 7) is 4.24. The number of rotatable bonds is 8. The van der Waals surface area contributed by atoms with Gasteiger partial charge < -0.3 is 0 Å². The van der Waals surface area contributed by atoms with Crippen molar-refractivity contribution in [1.29, 1.82) is 0 Å². The van der Waals surface area contributed by atoms with Crippen LogP contribution in [0, 0.1) is 13.8 Å². The van der Waals surface area contributed by atoms with Crippen molar-refractivity contribution in [3.05, 3.63) is 179 Å². The Bertz CT molecular complexity index is 1820. The van der Waals surface area contributed by atoms with Crippen LogP contribution in [0.25, 0.3) is 22.3 Å². The third-order valence-electron chi connectivity index (χ3n) is 7.70. The molecule has 0 bridgehead atoms. The number of benzene rings is 6. The molecular weight excluding hydrogens is 577 g/mol. The third-order valence-corrected chi connectivity index (χ3v) is 9.73. The maximum Gasteiger partial charge on any atom is 0.0530 e. The molecule has 6 aromatic rings. The monoisotopic (exact) mass is 606 g/mol. The average molecular weight is 607 g/mol. The molecule has 208 valence electrons. The first-order valence-corrected chi connectivity index (χ1v) is 15.9. The van der Waals surface area contributed by atoms with Crippen LogP contribution in [0.2, 0.25) is 0 Å². The topological polar surface area (TPSA) is 0 Å². The Kier molecular flexibility index (Phi) is 8.76. The molecule has 0 fully saturated rings. The fourth-order valence-electron chi connectivity index (χ4n) is 5.45. The molecule has 0 aliphatic carbocycles. The molecule has 0 spiro atoms. The summed E-state index contributed by atoms with van der Waals surface area (Å²) in [7, 11) is 0. The van der Waals surface area contributed by atoms with Gasteiger partial charge in [-0.3, -0.25) is 0 Å². The van der Waals surface area contributed by atoms with E-state index in [1.54, 1.807) is 11.8 Å². The van der Waals surface area contributed by atoms with Crippen molar-refractivity contribution in [2.45, 2.75) is 23.6 Å². The molecule has 0 nitrogen and oxygen atoms in total. The van der Waals surface area contributed by atoms with E-state index in [0.717, 1.165) is 54.2 Å². The van der Waals surface area contributed by atoms with Gasteiger partial charge in [-0.1, -0.05) is 170 Å². The largest absolute Gasteiger partial charge is 0.0888 e. The van der Waals surface area contributed by atoms with Gasteiger partial charge in [0.2, 0.25) is 0 Å². The zero-order valence-electron chi connectivity index (χ0n) is 24.1. The lowest BCUT2D eigenvalue weighted by Gasteiger charge is -2.18. The molecule has 3 heteroatoms. The number of thiocarbonyl (C=S) groups is 2. The van der Waals surface area contributed by atoms with Gasteiger partial charge in [-0.15, -0.1) is 0 Å². The van der Waals surface area contributed by atoms with Crippen molar-refractivity contribution in [2.24, 2.45) is 0 Å². The molecular formula is C40H30S3. The smallest absolute Gasteiger partial charge is 0.0530 e. The molecule has 0 heterocycles. The van der Waals surface area contributed by atoms with Crippen LogP contribution in [0.15, 0.2) is 155 Å². The van der Waals surface area contributed by atoms with E-state index in [2.05, 4.69) is 159 Å². The van der Waals surface area contributed by atoms with Gasteiger partial charge in [-0.2, -0.15) is 0 Å². The summed E-state index contributed by atoms with van der Waals surface area (Å²) in [5.74, 6) is 0. The van der Waals surface area contributed by atoms with Gasteiger partial charge in [0.1, 0.15) is 0 Å². The molecule has 0 amide bonds. The minimum absolute atomic E-state index is 0.868. The molecule has 0 saturated heterocycles. The van der Waals surface area contributed by atoms with E-state index >= 15 is 0 Å². The molecule has 0 unspecified atom stereocenters. The van der Waals surface area contributed by atoms with Crippen LogP contribution in [0.4, 0.5) is 0 Å². The molecule has 0 saturated carbocycles. The normalized spacial score (nSPS) is 10.8. The van der Waals surface area contributed by atoms with Gasteiger partial charge in [-0.05, 0) is 70.5 Å². The molecule has 0 radical (unpaired) electrons. The minimum atomic E-state index is 0.868. The van der Waals surface area contributed by atoms with Gasteiger partial charge >= 0.3 is 0 Å². The van der Waals surface area contributed by atoms with Crippen molar-refractivity contribution in [3.63, 3.8) is 0 Å². The van der Waals surface area contributed by atoms with E-state index in [-0.39, 0.29) is 0 Å². The van der Waals surface area contributed by atoms with Crippen LogP contribution in [0.5, 0.6) is 0 Å². The van der Waals surface area contributed by atoms with Crippen molar-refractivity contribution >= 4 is 45.9 Å². The van der Waals surface area contributed by atoms with Crippen LogP contribution in [-0.4, -0.2) is 9.73 Å². The summed E-state index contributed by atoms with van der Waals surface area (Å²) in [6.07, 6.45) is 0. The number of hydrogen-bond donors (Lipinski definition) is 0. The highest BCUT2D eigenvalue weighted by Gasteiger charge is 2.18. The molecule has 0 aliphatic heterocycles. The molecule has 6 rings (SSSR count). The SMILES string of the molecule is Cc1ccccc1C(=S)c1ccccc1-c1ccccc1Sc1ccccc1-c1ccccc1C(=S)c1ccccc1C. The third kappa shape index (κ3) is 6.03. The average Bonchev–Trinajstić information content (AvgIpc) is 3.05. The first kappa shape index (κ1) is 28.9. The summed E-state index contributed by atoms with van der Waals surface area (Å²) in [5.41, 5.74) is 11.3.